The Morgan fingerprint density at radius 3 is 2.24 bits per heavy atom. The van der Waals surface area contributed by atoms with E-state index in [1.165, 1.54) is 0 Å². The normalized spacial score (nSPS) is 17.2. The molecule has 21 heavy (non-hydrogen) atoms. The second-order valence-corrected chi connectivity index (χ2v) is 6.20. The molecule has 5 nitrogen and oxygen atoms in total. The molecule has 0 unspecified atom stereocenters. The van der Waals surface area contributed by atoms with E-state index in [2.05, 4.69) is 10.6 Å². The van der Waals surface area contributed by atoms with Crippen LogP contribution < -0.4 is 10.6 Å². The molecule has 1 fully saturated rings. The van der Waals surface area contributed by atoms with E-state index in [1.54, 1.807) is 0 Å². The first-order chi connectivity index (χ1) is 9.40. The standard InChI is InChI=1S/C15H28N2O3.ClH/c1-10(2)9-13(15(19)20-11(3)4)17-14(18)12-5-7-16-8-6-12;/h10-13,16H,5-9H2,1-4H3,(H,17,18);1H/t13-;/m0./s1. The molecule has 2 N–H and O–H groups in total. The maximum atomic E-state index is 12.2. The van der Waals surface area contributed by atoms with Crippen LogP contribution in [0.3, 0.4) is 0 Å². The number of nitrogens with one attached hydrogen (secondary N) is 2. The Labute approximate surface area is 134 Å². The Morgan fingerprint density at radius 1 is 1.19 bits per heavy atom. The average Bonchev–Trinajstić information content (AvgIpc) is 2.37. The molecule has 6 heteroatoms. The summed E-state index contributed by atoms with van der Waals surface area (Å²) in [6.45, 7) is 9.43. The summed E-state index contributed by atoms with van der Waals surface area (Å²) >= 11 is 0. The van der Waals surface area contributed by atoms with Gasteiger partial charge in [-0.25, -0.2) is 4.79 Å². The number of hydrogen-bond acceptors (Lipinski definition) is 4. The van der Waals surface area contributed by atoms with Crippen LogP contribution in [0.5, 0.6) is 0 Å². The van der Waals surface area contributed by atoms with Crippen LogP contribution in [0.25, 0.3) is 0 Å². The van der Waals surface area contributed by atoms with Crippen molar-refractivity contribution in [3.05, 3.63) is 0 Å². The molecule has 0 aromatic heterocycles. The molecule has 1 atom stereocenters. The first-order valence-electron chi connectivity index (χ1n) is 7.61. The predicted octanol–water partition coefficient (Wildman–Crippen LogP) is 1.89. The molecule has 0 aromatic carbocycles. The minimum atomic E-state index is -0.528. The highest BCUT2D eigenvalue weighted by atomic mass is 35.5. The van der Waals surface area contributed by atoms with Crippen LogP contribution in [0.15, 0.2) is 0 Å². The van der Waals surface area contributed by atoms with Gasteiger partial charge in [-0.15, -0.1) is 12.4 Å². The maximum Gasteiger partial charge on any atom is 0.328 e. The zero-order valence-electron chi connectivity index (χ0n) is 13.5. The molecule has 0 radical (unpaired) electrons. The van der Waals surface area contributed by atoms with Crippen LogP contribution in [0.2, 0.25) is 0 Å². The molecule has 124 valence electrons. The van der Waals surface area contributed by atoms with Gasteiger partial charge in [0.1, 0.15) is 6.04 Å². The van der Waals surface area contributed by atoms with Crippen molar-refractivity contribution in [1.29, 1.82) is 0 Å². The van der Waals surface area contributed by atoms with Gasteiger partial charge in [0.15, 0.2) is 0 Å². The van der Waals surface area contributed by atoms with Gasteiger partial charge in [0.25, 0.3) is 0 Å². The summed E-state index contributed by atoms with van der Waals surface area (Å²) in [5.74, 6) is -0.000336. The van der Waals surface area contributed by atoms with Crippen LogP contribution in [0.4, 0.5) is 0 Å². The van der Waals surface area contributed by atoms with Gasteiger partial charge >= 0.3 is 5.97 Å². The molecule has 1 saturated heterocycles. The van der Waals surface area contributed by atoms with Crippen LogP contribution in [-0.2, 0) is 14.3 Å². The molecule has 1 rings (SSSR count). The third kappa shape index (κ3) is 7.67. The van der Waals surface area contributed by atoms with Crippen molar-refractivity contribution < 1.29 is 14.3 Å². The first kappa shape index (κ1) is 20.2. The SMILES string of the molecule is CC(C)C[C@H](NC(=O)C1CCNCC1)C(=O)OC(C)C.Cl. The molecule has 1 aliphatic rings. The topological polar surface area (TPSA) is 67.4 Å². The largest absolute Gasteiger partial charge is 0.461 e. The third-order valence-electron chi connectivity index (χ3n) is 3.37. The van der Waals surface area contributed by atoms with Gasteiger partial charge in [0, 0.05) is 5.92 Å². The van der Waals surface area contributed by atoms with E-state index in [4.69, 9.17) is 4.74 Å². The Morgan fingerprint density at radius 2 is 1.76 bits per heavy atom. The monoisotopic (exact) mass is 320 g/mol. The van der Waals surface area contributed by atoms with Gasteiger partial charge in [-0.1, -0.05) is 13.8 Å². The minimum Gasteiger partial charge on any atom is -0.461 e. The number of hydrogen-bond donors (Lipinski definition) is 2. The van der Waals surface area contributed by atoms with Crippen molar-refractivity contribution in [2.75, 3.05) is 13.1 Å². The average molecular weight is 321 g/mol. The first-order valence-corrected chi connectivity index (χ1v) is 7.61. The summed E-state index contributed by atoms with van der Waals surface area (Å²) in [4.78, 5) is 24.3. The fraction of sp³-hybridized carbons (Fsp3) is 0.867. The van der Waals surface area contributed by atoms with Crippen LogP contribution in [0, 0.1) is 11.8 Å². The molecule has 0 bridgehead atoms. The van der Waals surface area contributed by atoms with E-state index < -0.39 is 6.04 Å². The second-order valence-electron chi connectivity index (χ2n) is 6.20. The van der Waals surface area contributed by atoms with E-state index in [9.17, 15) is 9.59 Å². The molecule has 0 spiro atoms. The molecule has 1 amide bonds. The van der Waals surface area contributed by atoms with Crippen LogP contribution in [0.1, 0.15) is 47.0 Å². The number of amides is 1. The Hall–Kier alpha value is -0.810. The van der Waals surface area contributed by atoms with E-state index in [-0.39, 0.29) is 36.3 Å². The van der Waals surface area contributed by atoms with Crippen molar-refractivity contribution in [1.82, 2.24) is 10.6 Å². The number of piperidine rings is 1. The van der Waals surface area contributed by atoms with Crippen molar-refractivity contribution in [2.45, 2.75) is 59.1 Å². The zero-order valence-corrected chi connectivity index (χ0v) is 14.3. The van der Waals surface area contributed by atoms with Gasteiger partial charge in [-0.2, -0.15) is 0 Å². The van der Waals surface area contributed by atoms with Gasteiger partial charge in [0.05, 0.1) is 6.10 Å². The van der Waals surface area contributed by atoms with Crippen LogP contribution >= 0.6 is 12.4 Å². The Kier molecular flexibility index (Phi) is 9.62. The number of halogens is 1. The molecule has 0 aromatic rings. The highest BCUT2D eigenvalue weighted by molar-refractivity contribution is 5.86. The van der Waals surface area contributed by atoms with Gasteiger partial charge < -0.3 is 15.4 Å². The highest BCUT2D eigenvalue weighted by Gasteiger charge is 2.28. The summed E-state index contributed by atoms with van der Waals surface area (Å²) in [6, 6.07) is -0.528. The van der Waals surface area contributed by atoms with Gasteiger partial charge in [0.2, 0.25) is 5.91 Å². The van der Waals surface area contributed by atoms with Gasteiger partial charge in [-0.05, 0) is 52.1 Å². The van der Waals surface area contributed by atoms with Gasteiger partial charge in [-0.3, -0.25) is 4.79 Å². The summed E-state index contributed by atoms with van der Waals surface area (Å²) < 4.78 is 5.24. The molecule has 1 heterocycles. The number of esters is 1. The Balaban J connectivity index is 0.00000400. The number of carbonyl (C=O) groups excluding carboxylic acids is 2. The summed E-state index contributed by atoms with van der Waals surface area (Å²) in [5.41, 5.74) is 0. The number of carbonyl (C=O) groups is 2. The predicted molar refractivity (Wildman–Crippen MR) is 85.5 cm³/mol. The minimum absolute atomic E-state index is 0. The molecule has 0 saturated carbocycles. The third-order valence-corrected chi connectivity index (χ3v) is 3.37. The lowest BCUT2D eigenvalue weighted by atomic mass is 9.96. The van der Waals surface area contributed by atoms with E-state index in [1.807, 2.05) is 27.7 Å². The lowest BCUT2D eigenvalue weighted by Gasteiger charge is -2.26. The summed E-state index contributed by atoms with van der Waals surface area (Å²) in [5, 5.41) is 6.11. The zero-order chi connectivity index (χ0) is 15.1. The number of ether oxygens (including phenoxy) is 1. The smallest absolute Gasteiger partial charge is 0.328 e. The summed E-state index contributed by atoms with van der Waals surface area (Å²) in [6.07, 6.45) is 2.12. The molecular formula is C15H29ClN2O3. The fourth-order valence-corrected chi connectivity index (χ4v) is 2.37. The quantitative estimate of drug-likeness (QED) is 0.733. The van der Waals surface area contributed by atoms with Crippen molar-refractivity contribution >= 4 is 24.3 Å². The molecule has 0 aliphatic carbocycles. The lowest BCUT2D eigenvalue weighted by molar-refractivity contribution is -0.152. The maximum absolute atomic E-state index is 12.2. The van der Waals surface area contributed by atoms with E-state index in [0.717, 1.165) is 25.9 Å². The highest BCUT2D eigenvalue weighted by Crippen LogP contribution is 2.14. The fourth-order valence-electron chi connectivity index (χ4n) is 2.37. The summed E-state index contributed by atoms with van der Waals surface area (Å²) in [7, 11) is 0. The van der Waals surface area contributed by atoms with Crippen LogP contribution in [-0.4, -0.2) is 37.1 Å². The second kappa shape index (κ2) is 10.0. The number of rotatable bonds is 6. The van der Waals surface area contributed by atoms with Crippen molar-refractivity contribution in [2.24, 2.45) is 11.8 Å². The van der Waals surface area contributed by atoms with Crippen molar-refractivity contribution in [3.8, 4) is 0 Å². The molecule has 1 aliphatic heterocycles. The van der Waals surface area contributed by atoms with Crippen molar-refractivity contribution in [3.63, 3.8) is 0 Å². The Bertz CT molecular complexity index is 329. The van der Waals surface area contributed by atoms with E-state index in [0.29, 0.717) is 12.3 Å². The molecular weight excluding hydrogens is 292 g/mol. The van der Waals surface area contributed by atoms with E-state index >= 15 is 0 Å². The lowest BCUT2D eigenvalue weighted by Crippen LogP contribution is -2.47.